The van der Waals surface area contributed by atoms with Crippen LogP contribution in [-0.2, 0) is 0 Å². The summed E-state index contributed by atoms with van der Waals surface area (Å²) in [5, 5.41) is 0.538. The summed E-state index contributed by atoms with van der Waals surface area (Å²) in [4.78, 5) is 0. The fourth-order valence-electron chi connectivity index (χ4n) is 2.52. The standard InChI is InChI=1S/C15H24N2OS/c1-11(2)18-13-8-4-3-7-12(13)15(17-16)14-9-5-6-10-19-14/h3-4,7-8,11,14-15,17H,5-6,9-10,16H2,1-2H3. The lowest BCUT2D eigenvalue weighted by molar-refractivity contribution is 0.237. The molecule has 2 rings (SSSR count). The number of ether oxygens (including phenoxy) is 1. The van der Waals surface area contributed by atoms with Gasteiger partial charge >= 0.3 is 0 Å². The monoisotopic (exact) mass is 280 g/mol. The van der Waals surface area contributed by atoms with E-state index in [1.54, 1.807) is 0 Å². The minimum atomic E-state index is 0.167. The summed E-state index contributed by atoms with van der Waals surface area (Å²) in [6.07, 6.45) is 4.01. The van der Waals surface area contributed by atoms with Crippen molar-refractivity contribution < 1.29 is 4.74 Å². The maximum Gasteiger partial charge on any atom is 0.124 e. The zero-order valence-corrected chi connectivity index (χ0v) is 12.6. The number of hydrazine groups is 1. The number of thioether (sulfide) groups is 1. The third-order valence-electron chi connectivity index (χ3n) is 3.38. The molecule has 0 spiro atoms. The summed E-state index contributed by atoms with van der Waals surface area (Å²) in [5.41, 5.74) is 4.18. The summed E-state index contributed by atoms with van der Waals surface area (Å²) in [6, 6.07) is 8.40. The molecule has 4 heteroatoms. The van der Waals surface area contributed by atoms with Crippen LogP contribution in [0.15, 0.2) is 24.3 Å². The van der Waals surface area contributed by atoms with Crippen LogP contribution < -0.4 is 16.0 Å². The van der Waals surface area contributed by atoms with Crippen molar-refractivity contribution in [1.29, 1.82) is 0 Å². The van der Waals surface area contributed by atoms with Gasteiger partial charge in [-0.15, -0.1) is 0 Å². The van der Waals surface area contributed by atoms with Crippen LogP contribution in [0.2, 0.25) is 0 Å². The van der Waals surface area contributed by atoms with Crippen molar-refractivity contribution in [2.75, 3.05) is 5.75 Å². The van der Waals surface area contributed by atoms with Crippen molar-refractivity contribution in [3.05, 3.63) is 29.8 Å². The number of benzene rings is 1. The van der Waals surface area contributed by atoms with Crippen molar-refractivity contribution in [1.82, 2.24) is 5.43 Å². The number of para-hydroxylation sites is 1. The second-order valence-electron chi connectivity index (χ2n) is 5.25. The molecule has 3 N–H and O–H groups in total. The van der Waals surface area contributed by atoms with E-state index in [-0.39, 0.29) is 12.1 Å². The van der Waals surface area contributed by atoms with Crippen LogP contribution in [0, 0.1) is 0 Å². The van der Waals surface area contributed by atoms with Gasteiger partial charge in [0.2, 0.25) is 0 Å². The molecule has 3 nitrogen and oxygen atoms in total. The van der Waals surface area contributed by atoms with E-state index in [9.17, 15) is 0 Å². The molecule has 0 saturated carbocycles. The van der Waals surface area contributed by atoms with Crippen molar-refractivity contribution in [3.8, 4) is 5.75 Å². The van der Waals surface area contributed by atoms with Crippen LogP contribution >= 0.6 is 11.8 Å². The maximum atomic E-state index is 5.91. The average molecular weight is 280 g/mol. The minimum Gasteiger partial charge on any atom is -0.491 e. The summed E-state index contributed by atoms with van der Waals surface area (Å²) in [6.45, 7) is 4.11. The van der Waals surface area contributed by atoms with Crippen LogP contribution in [0.5, 0.6) is 5.75 Å². The highest BCUT2D eigenvalue weighted by molar-refractivity contribution is 8.00. The quantitative estimate of drug-likeness (QED) is 0.642. The topological polar surface area (TPSA) is 47.3 Å². The zero-order chi connectivity index (χ0) is 13.7. The maximum absolute atomic E-state index is 5.91. The van der Waals surface area contributed by atoms with Gasteiger partial charge in [0, 0.05) is 10.8 Å². The SMILES string of the molecule is CC(C)Oc1ccccc1C(NN)C1CCCCS1. The highest BCUT2D eigenvalue weighted by atomic mass is 32.2. The molecule has 2 unspecified atom stereocenters. The second kappa shape index (κ2) is 7.17. The largest absolute Gasteiger partial charge is 0.491 e. The third-order valence-corrected chi connectivity index (χ3v) is 4.84. The van der Waals surface area contributed by atoms with Crippen molar-refractivity contribution in [2.24, 2.45) is 5.84 Å². The van der Waals surface area contributed by atoms with Crippen molar-refractivity contribution >= 4 is 11.8 Å². The fourth-order valence-corrected chi connectivity index (χ4v) is 3.95. The molecule has 0 aromatic heterocycles. The van der Waals surface area contributed by atoms with Gasteiger partial charge in [-0.25, -0.2) is 0 Å². The first-order valence-electron chi connectivity index (χ1n) is 7.05. The number of nitrogens with one attached hydrogen (secondary N) is 1. The van der Waals surface area contributed by atoms with Gasteiger partial charge in [-0.1, -0.05) is 24.6 Å². The van der Waals surface area contributed by atoms with Crippen molar-refractivity contribution in [2.45, 2.75) is 50.5 Å². The van der Waals surface area contributed by atoms with Crippen molar-refractivity contribution in [3.63, 3.8) is 0 Å². The minimum absolute atomic E-state index is 0.167. The van der Waals surface area contributed by atoms with Gasteiger partial charge in [-0.05, 0) is 38.5 Å². The van der Waals surface area contributed by atoms with Gasteiger partial charge < -0.3 is 4.74 Å². The van der Waals surface area contributed by atoms with E-state index >= 15 is 0 Å². The molecule has 0 bridgehead atoms. The summed E-state index contributed by atoms with van der Waals surface area (Å²) < 4.78 is 5.91. The molecular formula is C15H24N2OS. The molecule has 1 aliphatic rings. The fraction of sp³-hybridized carbons (Fsp3) is 0.600. The summed E-state index contributed by atoms with van der Waals surface area (Å²) in [5.74, 6) is 8.00. The first-order chi connectivity index (χ1) is 9.22. The first-order valence-corrected chi connectivity index (χ1v) is 8.10. The Morgan fingerprint density at radius 1 is 1.32 bits per heavy atom. The average Bonchev–Trinajstić information content (AvgIpc) is 2.42. The molecule has 0 aliphatic carbocycles. The smallest absolute Gasteiger partial charge is 0.124 e. The summed E-state index contributed by atoms with van der Waals surface area (Å²) >= 11 is 2.02. The van der Waals surface area contributed by atoms with Gasteiger partial charge in [0.1, 0.15) is 5.75 Å². The second-order valence-corrected chi connectivity index (χ2v) is 6.60. The first kappa shape index (κ1) is 14.7. The number of hydrogen-bond donors (Lipinski definition) is 2. The normalized spacial score (nSPS) is 21.4. The van der Waals surface area contributed by atoms with E-state index in [0.29, 0.717) is 5.25 Å². The van der Waals surface area contributed by atoms with Gasteiger partial charge in [0.25, 0.3) is 0 Å². The lowest BCUT2D eigenvalue weighted by atomic mass is 9.99. The van der Waals surface area contributed by atoms with Gasteiger partial charge in [-0.2, -0.15) is 11.8 Å². The molecule has 1 heterocycles. The molecule has 0 radical (unpaired) electrons. The molecule has 2 atom stereocenters. The Labute approximate surface area is 120 Å². The molecule has 1 saturated heterocycles. The van der Waals surface area contributed by atoms with E-state index in [2.05, 4.69) is 31.4 Å². The van der Waals surface area contributed by atoms with Crippen LogP contribution in [0.4, 0.5) is 0 Å². The molecule has 1 aromatic rings. The number of rotatable bonds is 5. The highest BCUT2D eigenvalue weighted by Gasteiger charge is 2.27. The Morgan fingerprint density at radius 3 is 2.74 bits per heavy atom. The Kier molecular flexibility index (Phi) is 5.55. The molecule has 1 fully saturated rings. The van der Waals surface area contributed by atoms with E-state index in [0.717, 1.165) is 5.75 Å². The van der Waals surface area contributed by atoms with Crippen LogP contribution in [0.3, 0.4) is 0 Å². The molecule has 1 aromatic carbocycles. The number of nitrogens with two attached hydrogens (primary N) is 1. The Hall–Kier alpha value is -0.710. The van der Waals surface area contributed by atoms with Crippen LogP contribution in [-0.4, -0.2) is 17.1 Å². The third kappa shape index (κ3) is 3.88. The van der Waals surface area contributed by atoms with Crippen LogP contribution in [0.1, 0.15) is 44.7 Å². The van der Waals surface area contributed by atoms with E-state index in [1.165, 1.54) is 30.6 Å². The van der Waals surface area contributed by atoms with Gasteiger partial charge in [0.05, 0.1) is 12.1 Å². The molecule has 19 heavy (non-hydrogen) atoms. The highest BCUT2D eigenvalue weighted by Crippen LogP contribution is 2.37. The summed E-state index contributed by atoms with van der Waals surface area (Å²) in [7, 11) is 0. The zero-order valence-electron chi connectivity index (χ0n) is 11.8. The van der Waals surface area contributed by atoms with E-state index in [1.807, 2.05) is 23.9 Å². The Morgan fingerprint density at radius 2 is 2.11 bits per heavy atom. The molecule has 106 valence electrons. The molecular weight excluding hydrogens is 256 g/mol. The Balaban J connectivity index is 2.21. The van der Waals surface area contributed by atoms with Crippen LogP contribution in [0.25, 0.3) is 0 Å². The number of hydrogen-bond acceptors (Lipinski definition) is 4. The Bertz CT molecular complexity index is 391. The molecule has 0 amide bonds. The predicted molar refractivity (Wildman–Crippen MR) is 82.4 cm³/mol. The van der Waals surface area contributed by atoms with E-state index in [4.69, 9.17) is 10.6 Å². The van der Waals surface area contributed by atoms with Gasteiger partial charge in [0.15, 0.2) is 0 Å². The van der Waals surface area contributed by atoms with Gasteiger partial charge in [-0.3, -0.25) is 11.3 Å². The predicted octanol–water partition coefficient (Wildman–Crippen LogP) is 3.26. The molecule has 1 aliphatic heterocycles. The lowest BCUT2D eigenvalue weighted by Crippen LogP contribution is -2.36. The van der Waals surface area contributed by atoms with E-state index < -0.39 is 0 Å². The lowest BCUT2D eigenvalue weighted by Gasteiger charge is -2.31.